The maximum atomic E-state index is 12.2. The van der Waals surface area contributed by atoms with Crippen molar-refractivity contribution in [2.45, 2.75) is 0 Å². The maximum absolute atomic E-state index is 12.2. The van der Waals surface area contributed by atoms with E-state index in [0.29, 0.717) is 15.6 Å². The van der Waals surface area contributed by atoms with Crippen molar-refractivity contribution >= 4 is 47.0 Å². The van der Waals surface area contributed by atoms with E-state index in [2.05, 4.69) is 4.99 Å². The molecular weight excluding hydrogens is 365 g/mol. The second kappa shape index (κ2) is 8.61. The van der Waals surface area contributed by atoms with E-state index in [4.69, 9.17) is 23.2 Å². The third kappa shape index (κ3) is 5.16. The van der Waals surface area contributed by atoms with Crippen LogP contribution in [0.15, 0.2) is 83.9 Å². The van der Waals surface area contributed by atoms with Crippen LogP contribution in [0.5, 0.6) is 0 Å². The summed E-state index contributed by atoms with van der Waals surface area (Å²) in [4.78, 5) is 16.6. The van der Waals surface area contributed by atoms with Gasteiger partial charge in [0.15, 0.2) is 5.78 Å². The van der Waals surface area contributed by atoms with Crippen molar-refractivity contribution in [3.63, 3.8) is 0 Å². The van der Waals surface area contributed by atoms with E-state index in [1.165, 1.54) is 0 Å². The first-order chi connectivity index (χ1) is 12.6. The predicted molar refractivity (Wildman–Crippen MR) is 110 cm³/mol. The van der Waals surface area contributed by atoms with E-state index in [0.717, 1.165) is 16.8 Å². The molecule has 0 amide bonds. The zero-order valence-corrected chi connectivity index (χ0v) is 15.3. The molecule has 26 heavy (non-hydrogen) atoms. The zero-order chi connectivity index (χ0) is 18.4. The fraction of sp³-hybridized carbons (Fsp3) is 0. The van der Waals surface area contributed by atoms with Crippen molar-refractivity contribution in [1.29, 1.82) is 0 Å². The summed E-state index contributed by atoms with van der Waals surface area (Å²) in [5.74, 6) is -0.0619. The number of ketones is 1. The molecule has 0 aliphatic rings. The highest BCUT2D eigenvalue weighted by molar-refractivity contribution is 6.30. The number of aliphatic imine (C=N–C) groups is 1. The largest absolute Gasteiger partial charge is 0.289 e. The highest BCUT2D eigenvalue weighted by Gasteiger charge is 2.01. The van der Waals surface area contributed by atoms with Crippen LogP contribution in [0.4, 0.5) is 5.69 Å². The Balaban J connectivity index is 1.65. The van der Waals surface area contributed by atoms with Crippen molar-refractivity contribution in [1.82, 2.24) is 0 Å². The number of allylic oxidation sites excluding steroid dienone is 1. The normalized spacial score (nSPS) is 11.3. The molecule has 0 N–H and O–H groups in total. The first-order valence-electron chi connectivity index (χ1n) is 7.98. The number of carbonyl (C=O) groups excluding carboxylic acids is 1. The Hall–Kier alpha value is -2.68. The molecule has 0 atom stereocenters. The summed E-state index contributed by atoms with van der Waals surface area (Å²) < 4.78 is 0. The lowest BCUT2D eigenvalue weighted by molar-refractivity contribution is 0.104. The zero-order valence-electron chi connectivity index (χ0n) is 13.8. The van der Waals surface area contributed by atoms with Crippen molar-refractivity contribution in [3.8, 4) is 0 Å². The number of nitrogens with zero attached hydrogens (tertiary/aromatic N) is 1. The summed E-state index contributed by atoms with van der Waals surface area (Å²) in [5.41, 5.74) is 3.27. The second-order valence-corrected chi connectivity index (χ2v) is 6.48. The van der Waals surface area contributed by atoms with Crippen LogP contribution in [0.25, 0.3) is 6.08 Å². The van der Waals surface area contributed by atoms with Gasteiger partial charge in [0, 0.05) is 21.8 Å². The minimum Gasteiger partial charge on any atom is -0.289 e. The minimum absolute atomic E-state index is 0.0619. The Kier molecular flexibility index (Phi) is 6.00. The summed E-state index contributed by atoms with van der Waals surface area (Å²) in [5, 5.41) is 1.36. The number of halogens is 2. The van der Waals surface area contributed by atoms with Gasteiger partial charge in [-0.3, -0.25) is 9.79 Å². The molecule has 3 rings (SSSR count). The van der Waals surface area contributed by atoms with Gasteiger partial charge in [-0.25, -0.2) is 0 Å². The number of benzene rings is 3. The lowest BCUT2D eigenvalue weighted by Gasteiger charge is -1.98. The molecule has 3 aromatic carbocycles. The van der Waals surface area contributed by atoms with Crippen molar-refractivity contribution in [2.24, 2.45) is 4.99 Å². The van der Waals surface area contributed by atoms with Crippen LogP contribution < -0.4 is 0 Å². The molecule has 0 heterocycles. The maximum Gasteiger partial charge on any atom is 0.185 e. The average molecular weight is 380 g/mol. The Morgan fingerprint density at radius 3 is 1.85 bits per heavy atom. The molecule has 128 valence electrons. The molecule has 3 aromatic rings. The van der Waals surface area contributed by atoms with E-state index < -0.39 is 0 Å². The van der Waals surface area contributed by atoms with Crippen LogP contribution in [0.2, 0.25) is 10.0 Å². The highest BCUT2D eigenvalue weighted by Crippen LogP contribution is 2.16. The minimum atomic E-state index is -0.0619. The highest BCUT2D eigenvalue weighted by atomic mass is 35.5. The standard InChI is InChI=1S/C22H15Cl2NO/c23-19-8-1-16(2-9-19)5-14-22(26)18-6-12-21(13-7-18)25-15-17-3-10-20(24)11-4-17/h1-15H/b14-5+,25-15?. The third-order valence-corrected chi connectivity index (χ3v) is 4.19. The van der Waals surface area contributed by atoms with Gasteiger partial charge in [0.1, 0.15) is 0 Å². The van der Waals surface area contributed by atoms with Crippen LogP contribution >= 0.6 is 23.2 Å². The molecule has 0 radical (unpaired) electrons. The smallest absolute Gasteiger partial charge is 0.185 e. The van der Waals surface area contributed by atoms with Crippen LogP contribution in [-0.4, -0.2) is 12.0 Å². The second-order valence-electron chi connectivity index (χ2n) is 5.61. The van der Waals surface area contributed by atoms with Gasteiger partial charge in [-0.1, -0.05) is 53.5 Å². The van der Waals surface area contributed by atoms with E-state index >= 15 is 0 Å². The Labute approximate surface area is 162 Å². The Morgan fingerprint density at radius 1 is 0.731 bits per heavy atom. The Morgan fingerprint density at radius 2 is 1.27 bits per heavy atom. The SMILES string of the molecule is O=C(/C=C/c1ccc(Cl)cc1)c1ccc(N=Cc2ccc(Cl)cc2)cc1. The molecule has 2 nitrogen and oxygen atoms in total. The lowest BCUT2D eigenvalue weighted by Crippen LogP contribution is -1.93. The van der Waals surface area contributed by atoms with E-state index in [9.17, 15) is 4.79 Å². The van der Waals surface area contributed by atoms with Gasteiger partial charge in [0.05, 0.1) is 5.69 Å². The number of hydrogen-bond acceptors (Lipinski definition) is 2. The van der Waals surface area contributed by atoms with E-state index in [1.807, 2.05) is 48.5 Å². The summed E-state index contributed by atoms with van der Waals surface area (Å²) >= 11 is 11.7. The molecular formula is C22H15Cl2NO. The number of rotatable bonds is 5. The van der Waals surface area contributed by atoms with Crippen molar-refractivity contribution in [3.05, 3.63) is 106 Å². The van der Waals surface area contributed by atoms with Crippen LogP contribution in [-0.2, 0) is 0 Å². The van der Waals surface area contributed by atoms with Gasteiger partial charge < -0.3 is 0 Å². The quantitative estimate of drug-likeness (QED) is 0.277. The van der Waals surface area contributed by atoms with Gasteiger partial charge in [0.25, 0.3) is 0 Å². The monoisotopic (exact) mass is 379 g/mol. The van der Waals surface area contributed by atoms with Crippen LogP contribution in [0.3, 0.4) is 0 Å². The van der Waals surface area contributed by atoms with Crippen LogP contribution in [0, 0.1) is 0 Å². The molecule has 0 bridgehead atoms. The molecule has 0 saturated heterocycles. The van der Waals surface area contributed by atoms with Gasteiger partial charge in [-0.05, 0) is 65.7 Å². The first kappa shape index (κ1) is 18.1. The topological polar surface area (TPSA) is 29.4 Å². The van der Waals surface area contributed by atoms with Crippen LogP contribution in [0.1, 0.15) is 21.5 Å². The summed E-state index contributed by atoms with van der Waals surface area (Å²) in [6, 6.07) is 21.9. The first-order valence-corrected chi connectivity index (χ1v) is 8.73. The van der Waals surface area contributed by atoms with E-state index in [1.54, 1.807) is 42.6 Å². The lowest BCUT2D eigenvalue weighted by atomic mass is 10.1. The fourth-order valence-corrected chi connectivity index (χ4v) is 2.50. The predicted octanol–water partition coefficient (Wildman–Crippen LogP) is 6.64. The summed E-state index contributed by atoms with van der Waals surface area (Å²) in [6.07, 6.45) is 5.08. The van der Waals surface area contributed by atoms with Crippen molar-refractivity contribution in [2.75, 3.05) is 0 Å². The Bertz CT molecular complexity index is 941. The fourth-order valence-electron chi connectivity index (χ4n) is 2.25. The van der Waals surface area contributed by atoms with E-state index in [-0.39, 0.29) is 5.78 Å². The molecule has 4 heteroatoms. The molecule has 0 aliphatic heterocycles. The third-order valence-electron chi connectivity index (χ3n) is 3.68. The van der Waals surface area contributed by atoms with Gasteiger partial charge in [-0.15, -0.1) is 0 Å². The molecule has 0 fully saturated rings. The number of carbonyl (C=O) groups is 1. The van der Waals surface area contributed by atoms with Gasteiger partial charge >= 0.3 is 0 Å². The summed E-state index contributed by atoms with van der Waals surface area (Å²) in [7, 11) is 0. The molecule has 0 aromatic heterocycles. The summed E-state index contributed by atoms with van der Waals surface area (Å²) in [6.45, 7) is 0. The van der Waals surface area contributed by atoms with Crippen molar-refractivity contribution < 1.29 is 4.79 Å². The van der Waals surface area contributed by atoms with Gasteiger partial charge in [-0.2, -0.15) is 0 Å². The molecule has 0 aliphatic carbocycles. The molecule has 0 unspecified atom stereocenters. The van der Waals surface area contributed by atoms with Gasteiger partial charge in [0.2, 0.25) is 0 Å². The average Bonchev–Trinajstić information content (AvgIpc) is 2.67. The molecule has 0 spiro atoms. The molecule has 0 saturated carbocycles. The number of hydrogen-bond donors (Lipinski definition) is 0.